The van der Waals surface area contributed by atoms with E-state index in [0.29, 0.717) is 11.7 Å². The number of hydrogen-bond acceptors (Lipinski definition) is 4. The maximum Gasteiger partial charge on any atom is 0.411 e. The molecule has 1 fully saturated rings. The Bertz CT molecular complexity index is 398. The van der Waals surface area contributed by atoms with Gasteiger partial charge in [0.05, 0.1) is 19.0 Å². The standard InChI is InChI=1S/C14H21N3O2/c1-19-14(18)17-12-8-9-13(15-10-12)16-11-6-4-2-3-5-7-11/h8-11H,2-7H2,1H3,(H,15,16)(H,17,18). The van der Waals surface area contributed by atoms with Crippen LogP contribution in [0.4, 0.5) is 16.3 Å². The van der Waals surface area contributed by atoms with Gasteiger partial charge in [-0.15, -0.1) is 0 Å². The molecule has 2 N–H and O–H groups in total. The van der Waals surface area contributed by atoms with Gasteiger partial charge in [0, 0.05) is 6.04 Å². The summed E-state index contributed by atoms with van der Waals surface area (Å²) in [5.41, 5.74) is 0.637. The topological polar surface area (TPSA) is 63.2 Å². The number of pyridine rings is 1. The number of nitrogens with zero attached hydrogens (tertiary/aromatic N) is 1. The summed E-state index contributed by atoms with van der Waals surface area (Å²) < 4.78 is 4.53. The van der Waals surface area contributed by atoms with Gasteiger partial charge in [-0.25, -0.2) is 9.78 Å². The molecule has 0 saturated heterocycles. The lowest BCUT2D eigenvalue weighted by Crippen LogP contribution is -2.19. The molecule has 0 spiro atoms. The van der Waals surface area contributed by atoms with Crippen LogP contribution in [-0.4, -0.2) is 24.2 Å². The van der Waals surface area contributed by atoms with E-state index in [-0.39, 0.29) is 0 Å². The zero-order valence-corrected chi connectivity index (χ0v) is 11.3. The molecule has 2 rings (SSSR count). The van der Waals surface area contributed by atoms with E-state index in [9.17, 15) is 4.79 Å². The van der Waals surface area contributed by atoms with E-state index in [1.807, 2.05) is 12.1 Å². The molecule has 5 nitrogen and oxygen atoms in total. The van der Waals surface area contributed by atoms with Crippen molar-refractivity contribution in [3.8, 4) is 0 Å². The van der Waals surface area contributed by atoms with Gasteiger partial charge in [0.25, 0.3) is 0 Å². The zero-order valence-electron chi connectivity index (χ0n) is 11.3. The molecular weight excluding hydrogens is 242 g/mol. The number of aromatic nitrogens is 1. The molecule has 1 heterocycles. The number of rotatable bonds is 3. The predicted molar refractivity (Wildman–Crippen MR) is 75.4 cm³/mol. The summed E-state index contributed by atoms with van der Waals surface area (Å²) in [6.45, 7) is 0. The first-order valence-corrected chi connectivity index (χ1v) is 6.85. The van der Waals surface area contributed by atoms with Crippen LogP contribution >= 0.6 is 0 Å². The van der Waals surface area contributed by atoms with Crippen LogP contribution in [0.15, 0.2) is 18.3 Å². The lowest BCUT2D eigenvalue weighted by molar-refractivity contribution is 0.187. The van der Waals surface area contributed by atoms with Crippen molar-refractivity contribution >= 4 is 17.6 Å². The molecule has 0 unspecified atom stereocenters. The molecule has 0 aromatic carbocycles. The number of ether oxygens (including phenoxy) is 1. The van der Waals surface area contributed by atoms with E-state index in [4.69, 9.17) is 0 Å². The van der Waals surface area contributed by atoms with Crippen LogP contribution in [-0.2, 0) is 4.74 Å². The Labute approximate surface area is 113 Å². The lowest BCUT2D eigenvalue weighted by Gasteiger charge is -2.16. The molecular formula is C14H21N3O2. The molecule has 104 valence electrons. The number of methoxy groups -OCH3 is 1. The van der Waals surface area contributed by atoms with Crippen LogP contribution in [0.3, 0.4) is 0 Å². The second kappa shape index (κ2) is 6.97. The minimum Gasteiger partial charge on any atom is -0.453 e. The first-order chi connectivity index (χ1) is 9.28. The summed E-state index contributed by atoms with van der Waals surface area (Å²) >= 11 is 0. The van der Waals surface area contributed by atoms with Crippen molar-refractivity contribution in [3.05, 3.63) is 18.3 Å². The van der Waals surface area contributed by atoms with Crippen molar-refractivity contribution in [2.75, 3.05) is 17.7 Å². The zero-order chi connectivity index (χ0) is 13.5. The number of carbonyl (C=O) groups is 1. The van der Waals surface area contributed by atoms with Gasteiger partial charge >= 0.3 is 6.09 Å². The van der Waals surface area contributed by atoms with Gasteiger partial charge in [-0.05, 0) is 25.0 Å². The highest BCUT2D eigenvalue weighted by molar-refractivity contribution is 5.84. The average molecular weight is 263 g/mol. The Kier molecular flexibility index (Phi) is 5.01. The van der Waals surface area contributed by atoms with Gasteiger partial charge in [0.15, 0.2) is 0 Å². The van der Waals surface area contributed by atoms with Crippen LogP contribution in [0, 0.1) is 0 Å². The van der Waals surface area contributed by atoms with Gasteiger partial charge in [-0.1, -0.05) is 25.7 Å². The van der Waals surface area contributed by atoms with E-state index in [1.165, 1.54) is 45.6 Å². The van der Waals surface area contributed by atoms with E-state index >= 15 is 0 Å². The number of hydrogen-bond donors (Lipinski definition) is 2. The van der Waals surface area contributed by atoms with E-state index < -0.39 is 6.09 Å². The largest absolute Gasteiger partial charge is 0.453 e. The van der Waals surface area contributed by atoms with Crippen LogP contribution in [0.5, 0.6) is 0 Å². The van der Waals surface area contributed by atoms with Crippen molar-refractivity contribution in [1.82, 2.24) is 4.98 Å². The molecule has 1 aromatic heterocycles. The fourth-order valence-corrected chi connectivity index (χ4v) is 2.35. The Morgan fingerprint density at radius 1 is 1.26 bits per heavy atom. The molecule has 1 aromatic rings. The number of nitrogens with one attached hydrogen (secondary N) is 2. The van der Waals surface area contributed by atoms with Crippen LogP contribution < -0.4 is 10.6 Å². The fraction of sp³-hybridized carbons (Fsp3) is 0.571. The Morgan fingerprint density at radius 3 is 2.58 bits per heavy atom. The Balaban J connectivity index is 1.88. The lowest BCUT2D eigenvalue weighted by atomic mass is 10.1. The molecule has 1 saturated carbocycles. The first-order valence-electron chi connectivity index (χ1n) is 6.85. The monoisotopic (exact) mass is 263 g/mol. The summed E-state index contributed by atoms with van der Waals surface area (Å²) in [6, 6.07) is 4.23. The summed E-state index contributed by atoms with van der Waals surface area (Å²) in [6.07, 6.45) is 8.84. The van der Waals surface area contributed by atoms with Crippen molar-refractivity contribution < 1.29 is 9.53 Å². The third kappa shape index (κ3) is 4.43. The minimum atomic E-state index is -0.480. The third-order valence-electron chi connectivity index (χ3n) is 3.40. The molecule has 0 bridgehead atoms. The van der Waals surface area contributed by atoms with E-state index in [2.05, 4.69) is 20.4 Å². The van der Waals surface area contributed by atoms with Crippen LogP contribution in [0.1, 0.15) is 38.5 Å². The van der Waals surface area contributed by atoms with Crippen LogP contribution in [0.25, 0.3) is 0 Å². The fourth-order valence-electron chi connectivity index (χ4n) is 2.35. The van der Waals surface area contributed by atoms with Crippen LogP contribution in [0.2, 0.25) is 0 Å². The molecule has 0 radical (unpaired) electrons. The number of anilines is 2. The summed E-state index contributed by atoms with van der Waals surface area (Å²) in [7, 11) is 1.34. The normalized spacial score (nSPS) is 16.5. The molecule has 1 aliphatic carbocycles. The van der Waals surface area contributed by atoms with Gasteiger partial charge in [-0.2, -0.15) is 0 Å². The van der Waals surface area contributed by atoms with Gasteiger partial charge in [0.1, 0.15) is 5.82 Å². The molecule has 1 amide bonds. The minimum absolute atomic E-state index is 0.480. The SMILES string of the molecule is COC(=O)Nc1ccc(NC2CCCCCC2)nc1. The third-order valence-corrected chi connectivity index (χ3v) is 3.40. The maximum absolute atomic E-state index is 11.0. The van der Waals surface area contributed by atoms with Crippen molar-refractivity contribution in [2.24, 2.45) is 0 Å². The molecule has 5 heteroatoms. The maximum atomic E-state index is 11.0. The molecule has 0 atom stereocenters. The highest BCUT2D eigenvalue weighted by atomic mass is 16.5. The van der Waals surface area contributed by atoms with Gasteiger partial charge in [-0.3, -0.25) is 5.32 Å². The van der Waals surface area contributed by atoms with Crippen molar-refractivity contribution in [2.45, 2.75) is 44.6 Å². The van der Waals surface area contributed by atoms with E-state index in [1.54, 1.807) is 6.20 Å². The predicted octanol–water partition coefficient (Wildman–Crippen LogP) is 3.39. The first kappa shape index (κ1) is 13.6. The van der Waals surface area contributed by atoms with Gasteiger partial charge < -0.3 is 10.1 Å². The highest BCUT2D eigenvalue weighted by Crippen LogP contribution is 2.20. The van der Waals surface area contributed by atoms with Gasteiger partial charge in [0.2, 0.25) is 0 Å². The Hall–Kier alpha value is -1.78. The van der Waals surface area contributed by atoms with Crippen molar-refractivity contribution in [3.63, 3.8) is 0 Å². The quantitative estimate of drug-likeness (QED) is 0.820. The summed E-state index contributed by atoms with van der Waals surface area (Å²) in [5.74, 6) is 0.863. The molecule has 19 heavy (non-hydrogen) atoms. The number of amides is 1. The summed E-state index contributed by atoms with van der Waals surface area (Å²) in [4.78, 5) is 15.4. The second-order valence-electron chi connectivity index (χ2n) is 4.88. The average Bonchev–Trinajstić information content (AvgIpc) is 2.69. The molecule has 1 aliphatic rings. The van der Waals surface area contributed by atoms with E-state index in [0.717, 1.165) is 5.82 Å². The van der Waals surface area contributed by atoms with Crippen molar-refractivity contribution in [1.29, 1.82) is 0 Å². The second-order valence-corrected chi connectivity index (χ2v) is 4.88. The Morgan fingerprint density at radius 2 is 2.00 bits per heavy atom. The highest BCUT2D eigenvalue weighted by Gasteiger charge is 2.12. The molecule has 0 aliphatic heterocycles. The number of carbonyl (C=O) groups excluding carboxylic acids is 1. The smallest absolute Gasteiger partial charge is 0.411 e. The summed E-state index contributed by atoms with van der Waals surface area (Å²) in [5, 5.41) is 6.04.